The summed E-state index contributed by atoms with van der Waals surface area (Å²) in [7, 11) is 1.66. The molecule has 2 rings (SSSR count). The summed E-state index contributed by atoms with van der Waals surface area (Å²) in [6.07, 6.45) is 0. The minimum atomic E-state index is 0.784. The third-order valence-corrected chi connectivity index (χ3v) is 2.57. The molecular formula is C14H16N2O. The van der Waals surface area contributed by atoms with Gasteiger partial charge in [0.05, 0.1) is 7.11 Å². The van der Waals surface area contributed by atoms with Gasteiger partial charge in [0, 0.05) is 17.9 Å². The van der Waals surface area contributed by atoms with Crippen LogP contribution in [0.25, 0.3) is 0 Å². The van der Waals surface area contributed by atoms with Gasteiger partial charge < -0.3 is 15.8 Å². The number of nitrogens with one attached hydrogen (secondary N) is 1. The number of methoxy groups -OCH3 is 1. The van der Waals surface area contributed by atoms with E-state index in [1.165, 1.54) is 5.56 Å². The minimum absolute atomic E-state index is 0.784. The molecule has 3 nitrogen and oxygen atoms in total. The molecular weight excluding hydrogens is 212 g/mol. The lowest BCUT2D eigenvalue weighted by Gasteiger charge is -2.07. The summed E-state index contributed by atoms with van der Waals surface area (Å²) in [5.74, 6) is 0.864. The van der Waals surface area contributed by atoms with Crippen LogP contribution in [0.5, 0.6) is 5.75 Å². The quantitative estimate of drug-likeness (QED) is 0.791. The molecule has 88 valence electrons. The number of hydrogen-bond donors (Lipinski definition) is 2. The van der Waals surface area contributed by atoms with Crippen LogP contribution in [0.1, 0.15) is 5.56 Å². The van der Waals surface area contributed by atoms with Gasteiger partial charge in [0.25, 0.3) is 0 Å². The van der Waals surface area contributed by atoms with Gasteiger partial charge in [-0.2, -0.15) is 0 Å². The summed E-state index contributed by atoms with van der Waals surface area (Å²) in [5.41, 5.74) is 8.70. The van der Waals surface area contributed by atoms with E-state index in [0.717, 1.165) is 23.7 Å². The Balaban J connectivity index is 1.95. The molecule has 0 aliphatic carbocycles. The summed E-state index contributed by atoms with van der Waals surface area (Å²) in [5, 5.41) is 3.34. The average molecular weight is 228 g/mol. The fourth-order valence-corrected chi connectivity index (χ4v) is 1.55. The van der Waals surface area contributed by atoms with Crippen LogP contribution in [0.15, 0.2) is 48.5 Å². The molecule has 0 saturated heterocycles. The van der Waals surface area contributed by atoms with Crippen molar-refractivity contribution in [1.29, 1.82) is 0 Å². The summed E-state index contributed by atoms with van der Waals surface area (Å²) >= 11 is 0. The Morgan fingerprint density at radius 2 is 1.65 bits per heavy atom. The van der Waals surface area contributed by atoms with E-state index in [1.54, 1.807) is 7.11 Å². The van der Waals surface area contributed by atoms with Crippen molar-refractivity contribution >= 4 is 11.4 Å². The van der Waals surface area contributed by atoms with E-state index in [-0.39, 0.29) is 0 Å². The van der Waals surface area contributed by atoms with Crippen molar-refractivity contribution < 1.29 is 4.74 Å². The Labute approximate surface area is 101 Å². The van der Waals surface area contributed by atoms with Crippen molar-refractivity contribution in [2.24, 2.45) is 0 Å². The fourth-order valence-electron chi connectivity index (χ4n) is 1.55. The van der Waals surface area contributed by atoms with Crippen molar-refractivity contribution in [1.82, 2.24) is 0 Å². The van der Waals surface area contributed by atoms with Crippen LogP contribution in [0, 0.1) is 0 Å². The van der Waals surface area contributed by atoms with Crippen molar-refractivity contribution in [3.8, 4) is 5.75 Å². The minimum Gasteiger partial charge on any atom is -0.497 e. The first-order valence-corrected chi connectivity index (χ1v) is 5.50. The van der Waals surface area contributed by atoms with E-state index in [2.05, 4.69) is 5.32 Å². The standard InChI is InChI=1S/C14H16N2O/c1-17-14-8-6-13(7-9-14)16-10-11-2-4-12(15)5-3-11/h2-9,16H,10,15H2,1H3. The number of hydrogen-bond acceptors (Lipinski definition) is 3. The van der Waals surface area contributed by atoms with Gasteiger partial charge >= 0.3 is 0 Å². The van der Waals surface area contributed by atoms with E-state index in [4.69, 9.17) is 10.5 Å². The molecule has 0 aromatic heterocycles. The Morgan fingerprint density at radius 1 is 1.00 bits per heavy atom. The smallest absolute Gasteiger partial charge is 0.119 e. The molecule has 0 aliphatic heterocycles. The summed E-state index contributed by atoms with van der Waals surface area (Å²) in [6.45, 7) is 0.784. The Morgan fingerprint density at radius 3 is 2.24 bits per heavy atom. The highest BCUT2D eigenvalue weighted by atomic mass is 16.5. The summed E-state index contributed by atoms with van der Waals surface area (Å²) in [6, 6.07) is 15.7. The molecule has 0 atom stereocenters. The number of nitrogen functional groups attached to an aromatic ring is 1. The van der Waals surface area contributed by atoms with Crippen molar-refractivity contribution in [3.63, 3.8) is 0 Å². The van der Waals surface area contributed by atoms with Gasteiger partial charge in [0.1, 0.15) is 5.75 Å². The van der Waals surface area contributed by atoms with Gasteiger partial charge in [0.15, 0.2) is 0 Å². The molecule has 0 heterocycles. The molecule has 17 heavy (non-hydrogen) atoms. The second kappa shape index (κ2) is 5.25. The molecule has 3 N–H and O–H groups in total. The van der Waals surface area contributed by atoms with Gasteiger partial charge in [-0.25, -0.2) is 0 Å². The first-order valence-electron chi connectivity index (χ1n) is 5.50. The molecule has 2 aromatic rings. The lowest BCUT2D eigenvalue weighted by Crippen LogP contribution is -1.99. The van der Waals surface area contributed by atoms with Gasteiger partial charge in [-0.05, 0) is 42.0 Å². The largest absolute Gasteiger partial charge is 0.497 e. The predicted molar refractivity (Wildman–Crippen MR) is 71.2 cm³/mol. The second-order valence-corrected chi connectivity index (χ2v) is 3.82. The molecule has 0 saturated carbocycles. The molecule has 3 heteroatoms. The first-order chi connectivity index (χ1) is 8.28. The monoisotopic (exact) mass is 228 g/mol. The zero-order valence-corrected chi connectivity index (χ0v) is 9.81. The summed E-state index contributed by atoms with van der Waals surface area (Å²) in [4.78, 5) is 0. The van der Waals surface area contributed by atoms with Gasteiger partial charge in [-0.1, -0.05) is 12.1 Å². The van der Waals surface area contributed by atoms with Crippen LogP contribution in [0.2, 0.25) is 0 Å². The van der Waals surface area contributed by atoms with E-state index < -0.39 is 0 Å². The molecule has 0 amide bonds. The fraction of sp³-hybridized carbons (Fsp3) is 0.143. The van der Waals surface area contributed by atoms with E-state index in [9.17, 15) is 0 Å². The third-order valence-electron chi connectivity index (χ3n) is 2.57. The van der Waals surface area contributed by atoms with E-state index in [1.807, 2.05) is 48.5 Å². The highest BCUT2D eigenvalue weighted by Crippen LogP contribution is 2.16. The van der Waals surface area contributed by atoms with Crippen LogP contribution in [0.4, 0.5) is 11.4 Å². The Kier molecular flexibility index (Phi) is 3.50. The first kappa shape index (κ1) is 11.3. The van der Waals surface area contributed by atoms with Crippen LogP contribution < -0.4 is 15.8 Å². The van der Waals surface area contributed by atoms with Crippen molar-refractivity contribution in [2.45, 2.75) is 6.54 Å². The highest BCUT2D eigenvalue weighted by molar-refractivity contribution is 5.47. The van der Waals surface area contributed by atoms with Crippen LogP contribution in [0.3, 0.4) is 0 Å². The van der Waals surface area contributed by atoms with E-state index >= 15 is 0 Å². The average Bonchev–Trinajstić information content (AvgIpc) is 2.39. The number of benzene rings is 2. The van der Waals surface area contributed by atoms with Gasteiger partial charge in [-0.3, -0.25) is 0 Å². The van der Waals surface area contributed by atoms with Gasteiger partial charge in [0.2, 0.25) is 0 Å². The lowest BCUT2D eigenvalue weighted by atomic mass is 10.2. The zero-order valence-electron chi connectivity index (χ0n) is 9.81. The zero-order chi connectivity index (χ0) is 12.1. The molecule has 0 aliphatic rings. The molecule has 0 radical (unpaired) electrons. The molecule has 0 unspecified atom stereocenters. The third kappa shape index (κ3) is 3.14. The molecule has 0 spiro atoms. The van der Waals surface area contributed by atoms with Crippen LogP contribution >= 0.6 is 0 Å². The SMILES string of the molecule is COc1ccc(NCc2ccc(N)cc2)cc1. The molecule has 2 aromatic carbocycles. The van der Waals surface area contributed by atoms with Gasteiger partial charge in [-0.15, -0.1) is 0 Å². The topological polar surface area (TPSA) is 47.3 Å². The maximum absolute atomic E-state index is 5.63. The normalized spacial score (nSPS) is 9.94. The lowest BCUT2D eigenvalue weighted by molar-refractivity contribution is 0.415. The number of rotatable bonds is 4. The molecule has 0 bridgehead atoms. The Bertz CT molecular complexity index is 463. The number of ether oxygens (including phenoxy) is 1. The number of nitrogens with two attached hydrogens (primary N) is 1. The van der Waals surface area contributed by atoms with E-state index in [0.29, 0.717) is 0 Å². The maximum Gasteiger partial charge on any atom is 0.119 e. The van der Waals surface area contributed by atoms with Crippen molar-refractivity contribution in [2.75, 3.05) is 18.2 Å². The van der Waals surface area contributed by atoms with Crippen LogP contribution in [-0.4, -0.2) is 7.11 Å². The number of anilines is 2. The Hall–Kier alpha value is -2.16. The second-order valence-electron chi connectivity index (χ2n) is 3.82. The summed E-state index contributed by atoms with van der Waals surface area (Å²) < 4.78 is 5.10. The van der Waals surface area contributed by atoms with Crippen LogP contribution in [-0.2, 0) is 6.54 Å². The predicted octanol–water partition coefficient (Wildman–Crippen LogP) is 2.89. The maximum atomic E-state index is 5.63. The van der Waals surface area contributed by atoms with Crippen molar-refractivity contribution in [3.05, 3.63) is 54.1 Å². The molecule has 0 fully saturated rings. The highest BCUT2D eigenvalue weighted by Gasteiger charge is 1.95.